The number of nitrogens with one attached hydrogen (secondary N) is 3. The van der Waals surface area contributed by atoms with Crippen LogP contribution in [0.3, 0.4) is 0 Å². The highest BCUT2D eigenvalue weighted by molar-refractivity contribution is 14.0. The molecule has 0 spiro atoms. The van der Waals surface area contributed by atoms with Crippen LogP contribution in [-0.4, -0.2) is 40.3 Å². The average Bonchev–Trinajstić information content (AvgIpc) is 2.70. The zero-order valence-electron chi connectivity index (χ0n) is 16.1. The zero-order valence-corrected chi connectivity index (χ0v) is 18.4. The third-order valence-electron chi connectivity index (χ3n) is 3.88. The fraction of sp³-hybridized carbons (Fsp3) is 0.350. The Morgan fingerprint density at radius 3 is 2.33 bits per heavy atom. The molecular formula is C20H29IN4O2. The van der Waals surface area contributed by atoms with Crippen molar-refractivity contribution in [3.8, 4) is 11.5 Å². The van der Waals surface area contributed by atoms with Gasteiger partial charge in [-0.25, -0.2) is 0 Å². The summed E-state index contributed by atoms with van der Waals surface area (Å²) in [7, 11) is 5.04. The highest BCUT2D eigenvalue weighted by Gasteiger charge is 2.05. The molecule has 0 aliphatic carbocycles. The number of nitrogens with zero attached hydrogens (tertiary/aromatic N) is 1. The van der Waals surface area contributed by atoms with E-state index in [-0.39, 0.29) is 24.0 Å². The first-order chi connectivity index (χ1) is 12.8. The maximum atomic E-state index is 5.33. The topological polar surface area (TPSA) is 66.9 Å². The second kappa shape index (κ2) is 13.1. The Bertz CT molecular complexity index is 696. The fourth-order valence-electron chi connectivity index (χ4n) is 2.48. The molecule has 0 unspecified atom stereocenters. The minimum Gasteiger partial charge on any atom is -0.493 e. The van der Waals surface area contributed by atoms with Gasteiger partial charge >= 0.3 is 0 Å². The third kappa shape index (κ3) is 7.94. The van der Waals surface area contributed by atoms with Gasteiger partial charge in [-0.15, -0.1) is 24.0 Å². The van der Waals surface area contributed by atoms with Crippen molar-refractivity contribution in [3.63, 3.8) is 0 Å². The molecule has 0 saturated carbocycles. The van der Waals surface area contributed by atoms with E-state index in [9.17, 15) is 0 Å². The number of halogens is 1. The Labute approximate surface area is 178 Å². The van der Waals surface area contributed by atoms with E-state index < -0.39 is 0 Å². The number of ether oxygens (including phenoxy) is 2. The molecule has 0 aliphatic rings. The van der Waals surface area contributed by atoms with Crippen LogP contribution in [0.4, 0.5) is 5.69 Å². The molecule has 0 atom stereocenters. The standard InChI is InChI=1S/C20H28N4O2.HI/c1-21-20(23-13-7-12-22-17-8-5-4-6-9-17)24-15-16-10-11-18(25-2)19(14-16)26-3;/h4-6,8-11,14,22H,7,12-13,15H2,1-3H3,(H2,21,23,24);1H. The van der Waals surface area contributed by atoms with Gasteiger partial charge in [0.1, 0.15) is 0 Å². The molecule has 0 fully saturated rings. The lowest BCUT2D eigenvalue weighted by atomic mass is 10.2. The summed E-state index contributed by atoms with van der Waals surface area (Å²) < 4.78 is 10.6. The summed E-state index contributed by atoms with van der Waals surface area (Å²) in [6, 6.07) is 16.1. The van der Waals surface area contributed by atoms with Crippen molar-refractivity contribution in [2.24, 2.45) is 4.99 Å². The Kier molecular flexibility index (Phi) is 11.1. The molecule has 2 aromatic carbocycles. The molecule has 6 nitrogen and oxygen atoms in total. The quantitative estimate of drug-likeness (QED) is 0.220. The summed E-state index contributed by atoms with van der Waals surface area (Å²) in [6.07, 6.45) is 0.992. The van der Waals surface area contributed by atoms with E-state index in [0.717, 1.165) is 48.2 Å². The van der Waals surface area contributed by atoms with Crippen LogP contribution in [0.15, 0.2) is 53.5 Å². The van der Waals surface area contributed by atoms with Gasteiger partial charge in [0, 0.05) is 32.4 Å². The maximum absolute atomic E-state index is 5.33. The highest BCUT2D eigenvalue weighted by atomic mass is 127. The lowest BCUT2D eigenvalue weighted by molar-refractivity contribution is 0.354. The molecule has 0 saturated heterocycles. The van der Waals surface area contributed by atoms with Gasteiger partial charge in [0.05, 0.1) is 14.2 Å². The van der Waals surface area contributed by atoms with Crippen molar-refractivity contribution in [1.82, 2.24) is 10.6 Å². The zero-order chi connectivity index (χ0) is 18.6. The Balaban J connectivity index is 0.00000364. The summed E-state index contributed by atoms with van der Waals surface area (Å²) in [5, 5.41) is 10.0. The Morgan fingerprint density at radius 2 is 1.67 bits per heavy atom. The summed E-state index contributed by atoms with van der Waals surface area (Å²) in [6.45, 7) is 2.40. The van der Waals surface area contributed by atoms with Crippen LogP contribution in [0.25, 0.3) is 0 Å². The van der Waals surface area contributed by atoms with Crippen molar-refractivity contribution in [3.05, 3.63) is 54.1 Å². The monoisotopic (exact) mass is 484 g/mol. The van der Waals surface area contributed by atoms with E-state index in [0.29, 0.717) is 6.54 Å². The number of benzene rings is 2. The molecule has 0 heterocycles. The summed E-state index contributed by atoms with van der Waals surface area (Å²) >= 11 is 0. The van der Waals surface area contributed by atoms with Crippen LogP contribution in [0.1, 0.15) is 12.0 Å². The largest absolute Gasteiger partial charge is 0.493 e. The van der Waals surface area contributed by atoms with Gasteiger partial charge < -0.3 is 25.4 Å². The van der Waals surface area contributed by atoms with Crippen molar-refractivity contribution in [1.29, 1.82) is 0 Å². The van der Waals surface area contributed by atoms with Crippen LogP contribution in [0, 0.1) is 0 Å². The van der Waals surface area contributed by atoms with Gasteiger partial charge in [-0.3, -0.25) is 4.99 Å². The van der Waals surface area contributed by atoms with Crippen molar-refractivity contribution in [2.45, 2.75) is 13.0 Å². The molecule has 0 aliphatic heterocycles. The smallest absolute Gasteiger partial charge is 0.191 e. The summed E-state index contributed by atoms with van der Waals surface area (Å²) in [4.78, 5) is 4.25. The Hall–Kier alpha value is -2.16. The summed E-state index contributed by atoms with van der Waals surface area (Å²) in [5.41, 5.74) is 2.24. The number of para-hydroxylation sites is 1. The number of methoxy groups -OCH3 is 2. The lowest BCUT2D eigenvalue weighted by Gasteiger charge is -2.14. The predicted octanol–water partition coefficient (Wildman–Crippen LogP) is 3.49. The van der Waals surface area contributed by atoms with Gasteiger partial charge in [-0.2, -0.15) is 0 Å². The van der Waals surface area contributed by atoms with E-state index >= 15 is 0 Å². The normalized spacial score (nSPS) is 10.6. The SMILES string of the molecule is CN=C(NCCCNc1ccccc1)NCc1ccc(OC)c(OC)c1.I. The molecule has 7 heteroatoms. The number of guanidine groups is 1. The van der Waals surface area contributed by atoms with Crippen LogP contribution in [0.5, 0.6) is 11.5 Å². The van der Waals surface area contributed by atoms with Gasteiger partial charge in [0.15, 0.2) is 17.5 Å². The number of aliphatic imine (C=N–C) groups is 1. The lowest BCUT2D eigenvalue weighted by Crippen LogP contribution is -2.37. The molecule has 0 amide bonds. The van der Waals surface area contributed by atoms with E-state index in [1.54, 1.807) is 21.3 Å². The van der Waals surface area contributed by atoms with Gasteiger partial charge in [-0.1, -0.05) is 24.3 Å². The maximum Gasteiger partial charge on any atom is 0.191 e. The summed E-state index contributed by atoms with van der Waals surface area (Å²) in [5.74, 6) is 2.23. The fourth-order valence-corrected chi connectivity index (χ4v) is 2.48. The molecule has 3 N–H and O–H groups in total. The molecule has 148 valence electrons. The third-order valence-corrected chi connectivity index (χ3v) is 3.88. The van der Waals surface area contributed by atoms with E-state index in [1.165, 1.54) is 0 Å². The number of rotatable bonds is 9. The van der Waals surface area contributed by atoms with E-state index in [1.807, 2.05) is 36.4 Å². The first kappa shape index (κ1) is 22.9. The van der Waals surface area contributed by atoms with Crippen molar-refractivity contribution < 1.29 is 9.47 Å². The second-order valence-corrected chi connectivity index (χ2v) is 5.69. The number of hydrogen-bond donors (Lipinski definition) is 3. The van der Waals surface area contributed by atoms with Gasteiger partial charge in [-0.05, 0) is 36.2 Å². The van der Waals surface area contributed by atoms with E-state index in [2.05, 4.69) is 33.1 Å². The number of anilines is 1. The van der Waals surface area contributed by atoms with Crippen LogP contribution >= 0.6 is 24.0 Å². The predicted molar refractivity (Wildman–Crippen MR) is 123 cm³/mol. The highest BCUT2D eigenvalue weighted by Crippen LogP contribution is 2.27. The second-order valence-electron chi connectivity index (χ2n) is 5.69. The minimum atomic E-state index is 0. The van der Waals surface area contributed by atoms with Crippen LogP contribution in [-0.2, 0) is 6.54 Å². The molecule has 2 rings (SSSR count). The minimum absolute atomic E-state index is 0. The van der Waals surface area contributed by atoms with Crippen molar-refractivity contribution >= 4 is 35.6 Å². The first-order valence-corrected chi connectivity index (χ1v) is 8.71. The molecule has 0 radical (unpaired) electrons. The van der Waals surface area contributed by atoms with E-state index in [4.69, 9.17) is 9.47 Å². The van der Waals surface area contributed by atoms with Gasteiger partial charge in [0.2, 0.25) is 0 Å². The first-order valence-electron chi connectivity index (χ1n) is 8.71. The molecule has 2 aromatic rings. The van der Waals surface area contributed by atoms with Crippen LogP contribution in [0.2, 0.25) is 0 Å². The van der Waals surface area contributed by atoms with Crippen LogP contribution < -0.4 is 25.4 Å². The molecule has 0 bridgehead atoms. The molecule has 0 aromatic heterocycles. The molecule has 27 heavy (non-hydrogen) atoms. The number of hydrogen-bond acceptors (Lipinski definition) is 4. The average molecular weight is 484 g/mol. The van der Waals surface area contributed by atoms with Crippen molar-refractivity contribution in [2.75, 3.05) is 39.7 Å². The van der Waals surface area contributed by atoms with Gasteiger partial charge in [0.25, 0.3) is 0 Å². The Morgan fingerprint density at radius 1 is 0.926 bits per heavy atom. The molecular weight excluding hydrogens is 455 g/mol.